The number of rotatable bonds is 7. The number of hydrogen-bond donors (Lipinski definition) is 0. The molecule has 0 aliphatic heterocycles. The van der Waals surface area contributed by atoms with Crippen LogP contribution in [0.1, 0.15) is 0 Å². The molecule has 0 heterocycles. The van der Waals surface area contributed by atoms with E-state index in [1.807, 2.05) is 0 Å². The van der Waals surface area contributed by atoms with Crippen LogP contribution in [-0.2, 0) is 0 Å². The molecule has 0 unspecified atom stereocenters. The lowest BCUT2D eigenvalue weighted by Crippen LogP contribution is -1.94. The lowest BCUT2D eigenvalue weighted by Gasteiger charge is -2.21. The third-order valence-electron chi connectivity index (χ3n) is 14.8. The summed E-state index contributed by atoms with van der Waals surface area (Å²) in [5.74, 6) is 0. The number of fused-ring (bicyclic) bond motifs is 6. The van der Waals surface area contributed by atoms with Crippen molar-refractivity contribution >= 4 is 43.1 Å². The number of benzene rings is 13. The summed E-state index contributed by atoms with van der Waals surface area (Å²) >= 11 is 0. The Morgan fingerprint density at radius 2 is 0.414 bits per heavy atom. The third kappa shape index (κ3) is 6.24. The van der Waals surface area contributed by atoms with Gasteiger partial charge in [0.2, 0.25) is 0 Å². The van der Waals surface area contributed by atoms with Gasteiger partial charge in [0.05, 0.1) is 0 Å². The van der Waals surface area contributed by atoms with E-state index in [2.05, 4.69) is 267 Å². The topological polar surface area (TPSA) is 0 Å². The summed E-state index contributed by atoms with van der Waals surface area (Å²) in [5, 5.41) is 10.1. The molecule has 0 aromatic heterocycles. The minimum Gasteiger partial charge on any atom is -0.0622 e. The van der Waals surface area contributed by atoms with Crippen molar-refractivity contribution in [1.29, 1.82) is 0 Å². The molecule has 1 aliphatic rings. The van der Waals surface area contributed by atoms with E-state index in [9.17, 15) is 0 Å². The predicted molar refractivity (Wildman–Crippen MR) is 299 cm³/mol. The molecule has 0 heteroatoms. The molecule has 0 amide bonds. The summed E-state index contributed by atoms with van der Waals surface area (Å²) in [6.07, 6.45) is 0. The van der Waals surface area contributed by atoms with Crippen LogP contribution in [0, 0.1) is 0 Å². The average Bonchev–Trinajstić information content (AvgIpc) is 3.77. The van der Waals surface area contributed by atoms with Crippen LogP contribution >= 0.6 is 0 Å². The molecule has 1 aliphatic carbocycles. The Labute approximate surface area is 408 Å². The molecule has 14 rings (SSSR count). The summed E-state index contributed by atoms with van der Waals surface area (Å²) in [4.78, 5) is 0. The Bertz CT molecular complexity index is 4110. The van der Waals surface area contributed by atoms with Gasteiger partial charge >= 0.3 is 0 Å². The molecule has 324 valence electrons. The highest BCUT2D eigenvalue weighted by Gasteiger charge is 2.32. The molecule has 0 radical (unpaired) electrons. The summed E-state index contributed by atoms with van der Waals surface area (Å²) in [6, 6.07) is 98.9. The SMILES string of the molecule is c1ccc(-c2c3c(c(-c4ccccc4)c4cc(-c5ccc6c(-c7ccccc7)c7ccccc7c(-c7ccccc7)c6c5)ccc24)-c2ccc(-c4ccccc4)c4c(-c5ccccc5)ccc-3c24)cc1. The summed E-state index contributed by atoms with van der Waals surface area (Å²) in [6.45, 7) is 0. The first-order chi connectivity index (χ1) is 34.8. The Kier molecular flexibility index (Phi) is 9.32. The lowest BCUT2D eigenvalue weighted by molar-refractivity contribution is 1.61. The summed E-state index contributed by atoms with van der Waals surface area (Å²) < 4.78 is 0. The van der Waals surface area contributed by atoms with Gasteiger partial charge in [-0.15, -0.1) is 0 Å². The largest absolute Gasteiger partial charge is 0.0622 e. The van der Waals surface area contributed by atoms with E-state index in [1.54, 1.807) is 0 Å². The van der Waals surface area contributed by atoms with Gasteiger partial charge in [-0.05, 0) is 155 Å². The highest BCUT2D eigenvalue weighted by molar-refractivity contribution is 6.31. The minimum absolute atomic E-state index is 1.19. The van der Waals surface area contributed by atoms with Crippen LogP contribution in [0.4, 0.5) is 0 Å². The molecule has 0 spiro atoms. The second kappa shape index (κ2) is 16.3. The highest BCUT2D eigenvalue weighted by Crippen LogP contribution is 2.60. The predicted octanol–water partition coefficient (Wildman–Crippen LogP) is 19.6. The maximum absolute atomic E-state index is 2.49. The van der Waals surface area contributed by atoms with E-state index in [0.717, 1.165) is 0 Å². The highest BCUT2D eigenvalue weighted by atomic mass is 14.3. The summed E-state index contributed by atoms with van der Waals surface area (Å²) in [5.41, 5.74) is 22.4. The van der Waals surface area contributed by atoms with Crippen molar-refractivity contribution < 1.29 is 0 Å². The molecule has 0 bridgehead atoms. The van der Waals surface area contributed by atoms with Gasteiger partial charge in [-0.2, -0.15) is 0 Å². The van der Waals surface area contributed by atoms with E-state index in [1.165, 1.54) is 143 Å². The first-order valence-electron chi connectivity index (χ1n) is 24.3. The van der Waals surface area contributed by atoms with Crippen molar-refractivity contribution in [3.05, 3.63) is 267 Å². The standard InChI is InChI=1S/C70H44/c1-7-21-45(22-8-1)53-39-41-59-68-60(42-40-54(67(53)68)46-23-9-2-10-24-46)70-66(50-31-17-6-18-32-50)62-44-52(36-38-58(62)65(69(59)70)49-29-15-5-16-30-49)51-35-37-57-61(43-51)64(48-27-13-4-14-28-48)56-34-20-19-33-55(56)63(57)47-25-11-3-12-26-47/h1-44H. The van der Waals surface area contributed by atoms with Crippen molar-refractivity contribution in [2.75, 3.05) is 0 Å². The fraction of sp³-hybridized carbons (Fsp3) is 0. The van der Waals surface area contributed by atoms with Crippen molar-refractivity contribution in [3.63, 3.8) is 0 Å². The molecule has 13 aromatic carbocycles. The quantitative estimate of drug-likeness (QED) is 0.140. The third-order valence-corrected chi connectivity index (χ3v) is 14.8. The fourth-order valence-electron chi connectivity index (χ4n) is 11.8. The molecular weight excluding hydrogens is 841 g/mol. The molecule has 0 N–H and O–H groups in total. The van der Waals surface area contributed by atoms with Gasteiger partial charge in [0.1, 0.15) is 0 Å². The molecule has 0 fully saturated rings. The first kappa shape index (κ1) is 40.0. The molecule has 70 heavy (non-hydrogen) atoms. The van der Waals surface area contributed by atoms with E-state index >= 15 is 0 Å². The minimum atomic E-state index is 1.19. The van der Waals surface area contributed by atoms with Gasteiger partial charge in [0, 0.05) is 0 Å². The van der Waals surface area contributed by atoms with Crippen LogP contribution in [0.3, 0.4) is 0 Å². The van der Waals surface area contributed by atoms with Crippen molar-refractivity contribution in [2.24, 2.45) is 0 Å². The monoisotopic (exact) mass is 884 g/mol. The maximum atomic E-state index is 2.49. The van der Waals surface area contributed by atoms with Crippen LogP contribution in [-0.4, -0.2) is 0 Å². The Hall–Kier alpha value is -9.10. The van der Waals surface area contributed by atoms with Crippen molar-refractivity contribution in [3.8, 4) is 100 Å². The van der Waals surface area contributed by atoms with Crippen LogP contribution < -0.4 is 0 Å². The van der Waals surface area contributed by atoms with Gasteiger partial charge in [0.25, 0.3) is 0 Å². The first-order valence-corrected chi connectivity index (χ1v) is 24.3. The van der Waals surface area contributed by atoms with E-state index < -0.39 is 0 Å². The van der Waals surface area contributed by atoms with Crippen molar-refractivity contribution in [2.45, 2.75) is 0 Å². The van der Waals surface area contributed by atoms with Gasteiger partial charge in [-0.25, -0.2) is 0 Å². The Morgan fingerprint density at radius 1 is 0.143 bits per heavy atom. The smallest absolute Gasteiger partial charge is 0.000740 e. The molecular formula is C70H44. The zero-order chi connectivity index (χ0) is 46.1. The lowest BCUT2D eigenvalue weighted by atomic mass is 9.81. The molecule has 0 nitrogen and oxygen atoms in total. The zero-order valence-electron chi connectivity index (χ0n) is 38.4. The van der Waals surface area contributed by atoms with Gasteiger partial charge < -0.3 is 0 Å². The normalized spacial score (nSPS) is 11.7. The van der Waals surface area contributed by atoms with E-state index in [-0.39, 0.29) is 0 Å². The second-order valence-electron chi connectivity index (χ2n) is 18.6. The van der Waals surface area contributed by atoms with Gasteiger partial charge in [0.15, 0.2) is 0 Å². The maximum Gasteiger partial charge on any atom is -0.000740 e. The molecule has 13 aromatic rings. The van der Waals surface area contributed by atoms with Crippen LogP contribution in [0.15, 0.2) is 267 Å². The molecule has 0 saturated heterocycles. The second-order valence-corrected chi connectivity index (χ2v) is 18.6. The van der Waals surface area contributed by atoms with Crippen LogP contribution in [0.5, 0.6) is 0 Å². The van der Waals surface area contributed by atoms with Crippen LogP contribution in [0.25, 0.3) is 143 Å². The van der Waals surface area contributed by atoms with Gasteiger partial charge in [-0.3, -0.25) is 0 Å². The van der Waals surface area contributed by atoms with E-state index in [0.29, 0.717) is 0 Å². The Morgan fingerprint density at radius 3 is 0.829 bits per heavy atom. The summed E-state index contributed by atoms with van der Waals surface area (Å²) in [7, 11) is 0. The average molecular weight is 885 g/mol. The van der Waals surface area contributed by atoms with Crippen LogP contribution in [0.2, 0.25) is 0 Å². The zero-order valence-corrected chi connectivity index (χ0v) is 38.4. The number of hydrogen-bond acceptors (Lipinski definition) is 0. The van der Waals surface area contributed by atoms with Gasteiger partial charge in [-0.1, -0.05) is 255 Å². The van der Waals surface area contributed by atoms with E-state index in [4.69, 9.17) is 0 Å². The Balaban J connectivity index is 1.09. The molecule has 0 atom stereocenters. The fourth-order valence-corrected chi connectivity index (χ4v) is 11.8. The van der Waals surface area contributed by atoms with Crippen molar-refractivity contribution in [1.82, 2.24) is 0 Å². The molecule has 0 saturated carbocycles.